The Labute approximate surface area is 126 Å². The number of ether oxygens (including phenoxy) is 2. The molecular formula is C17H25NO3. The van der Waals surface area contributed by atoms with Gasteiger partial charge in [0.25, 0.3) is 0 Å². The summed E-state index contributed by atoms with van der Waals surface area (Å²) in [5.41, 5.74) is 6.89. The third kappa shape index (κ3) is 4.13. The highest BCUT2D eigenvalue weighted by Crippen LogP contribution is 2.32. The van der Waals surface area contributed by atoms with Gasteiger partial charge in [-0.05, 0) is 44.2 Å². The smallest absolute Gasteiger partial charge is 0.341 e. The van der Waals surface area contributed by atoms with Crippen LogP contribution in [0.5, 0.6) is 5.75 Å². The van der Waals surface area contributed by atoms with E-state index in [4.69, 9.17) is 15.2 Å². The first kappa shape index (κ1) is 15.7. The maximum Gasteiger partial charge on any atom is 0.341 e. The molecule has 116 valence electrons. The highest BCUT2D eigenvalue weighted by atomic mass is 16.5. The lowest BCUT2D eigenvalue weighted by Gasteiger charge is -2.29. The van der Waals surface area contributed by atoms with Gasteiger partial charge in [0.15, 0.2) is 0 Å². The van der Waals surface area contributed by atoms with E-state index in [1.54, 1.807) is 25.1 Å². The van der Waals surface area contributed by atoms with Crippen LogP contribution in [0.15, 0.2) is 18.2 Å². The summed E-state index contributed by atoms with van der Waals surface area (Å²) >= 11 is 0. The van der Waals surface area contributed by atoms with Crippen molar-refractivity contribution in [3.63, 3.8) is 0 Å². The molecule has 1 aromatic rings. The minimum Gasteiger partial charge on any atom is -0.489 e. The first-order valence-corrected chi connectivity index (χ1v) is 7.87. The minimum absolute atomic E-state index is 0.165. The maximum atomic E-state index is 12.0. The van der Waals surface area contributed by atoms with Gasteiger partial charge in [-0.1, -0.05) is 19.8 Å². The van der Waals surface area contributed by atoms with Crippen LogP contribution in [0.2, 0.25) is 0 Å². The number of hydrogen-bond donors (Lipinski definition) is 1. The van der Waals surface area contributed by atoms with Crippen LogP contribution < -0.4 is 10.5 Å². The second-order valence-corrected chi connectivity index (χ2v) is 5.66. The Balaban J connectivity index is 2.14. The fourth-order valence-electron chi connectivity index (χ4n) is 2.91. The molecule has 1 aromatic carbocycles. The first-order valence-electron chi connectivity index (χ1n) is 7.87. The number of benzene rings is 1. The van der Waals surface area contributed by atoms with Gasteiger partial charge in [-0.3, -0.25) is 0 Å². The lowest BCUT2D eigenvalue weighted by molar-refractivity contribution is 0.0514. The largest absolute Gasteiger partial charge is 0.489 e. The summed E-state index contributed by atoms with van der Waals surface area (Å²) < 4.78 is 11.2. The number of nitrogen functional groups attached to an aromatic ring is 1. The molecule has 0 spiro atoms. The van der Waals surface area contributed by atoms with Crippen molar-refractivity contribution in [2.75, 3.05) is 12.3 Å². The van der Waals surface area contributed by atoms with E-state index in [9.17, 15) is 4.79 Å². The normalized spacial score (nSPS) is 21.8. The average molecular weight is 291 g/mol. The van der Waals surface area contributed by atoms with Crippen LogP contribution in [-0.4, -0.2) is 18.7 Å². The van der Waals surface area contributed by atoms with Crippen LogP contribution in [-0.2, 0) is 4.74 Å². The zero-order valence-corrected chi connectivity index (χ0v) is 12.9. The van der Waals surface area contributed by atoms with Gasteiger partial charge < -0.3 is 15.2 Å². The van der Waals surface area contributed by atoms with Gasteiger partial charge in [-0.2, -0.15) is 0 Å². The van der Waals surface area contributed by atoms with Crippen molar-refractivity contribution < 1.29 is 14.3 Å². The van der Waals surface area contributed by atoms with E-state index in [1.165, 1.54) is 19.3 Å². The highest BCUT2D eigenvalue weighted by Gasteiger charge is 2.24. The van der Waals surface area contributed by atoms with E-state index in [0.717, 1.165) is 18.8 Å². The molecule has 0 heterocycles. The molecule has 4 nitrogen and oxygen atoms in total. The Morgan fingerprint density at radius 3 is 2.86 bits per heavy atom. The second kappa shape index (κ2) is 7.34. The summed E-state index contributed by atoms with van der Waals surface area (Å²) in [6.45, 7) is 4.37. The van der Waals surface area contributed by atoms with Gasteiger partial charge in [0.1, 0.15) is 11.3 Å². The van der Waals surface area contributed by atoms with E-state index in [2.05, 4.69) is 6.92 Å². The van der Waals surface area contributed by atoms with E-state index < -0.39 is 0 Å². The molecule has 4 heteroatoms. The quantitative estimate of drug-likeness (QED) is 0.662. The summed E-state index contributed by atoms with van der Waals surface area (Å²) in [6.07, 6.45) is 5.89. The molecule has 0 amide bonds. The van der Waals surface area contributed by atoms with E-state index in [0.29, 0.717) is 23.6 Å². The van der Waals surface area contributed by atoms with Crippen molar-refractivity contribution in [2.45, 2.75) is 52.1 Å². The number of carbonyl (C=O) groups is 1. The standard InChI is InChI=1S/C17H25NO3/c1-3-12-6-5-7-14(10-12)21-16-11-13(18)8-9-15(16)17(19)20-4-2/h8-9,11-12,14H,3-7,10,18H2,1-2H3. The number of esters is 1. The third-order valence-electron chi connectivity index (χ3n) is 4.11. The third-order valence-corrected chi connectivity index (χ3v) is 4.11. The van der Waals surface area contributed by atoms with Crippen molar-refractivity contribution in [2.24, 2.45) is 5.92 Å². The summed E-state index contributed by atoms with van der Waals surface area (Å²) in [4.78, 5) is 12.0. The van der Waals surface area contributed by atoms with Gasteiger partial charge in [0.2, 0.25) is 0 Å². The zero-order valence-electron chi connectivity index (χ0n) is 12.9. The lowest BCUT2D eigenvalue weighted by atomic mass is 9.85. The van der Waals surface area contributed by atoms with Crippen molar-refractivity contribution >= 4 is 11.7 Å². The molecule has 1 aliphatic rings. The van der Waals surface area contributed by atoms with Gasteiger partial charge >= 0.3 is 5.97 Å². The number of anilines is 1. The van der Waals surface area contributed by atoms with Crippen molar-refractivity contribution in [1.82, 2.24) is 0 Å². The molecule has 21 heavy (non-hydrogen) atoms. The minimum atomic E-state index is -0.352. The molecule has 2 N–H and O–H groups in total. The number of rotatable bonds is 5. The van der Waals surface area contributed by atoms with Crippen LogP contribution in [0.1, 0.15) is 56.3 Å². The van der Waals surface area contributed by atoms with E-state index in [1.807, 2.05) is 0 Å². The van der Waals surface area contributed by atoms with E-state index >= 15 is 0 Å². The second-order valence-electron chi connectivity index (χ2n) is 5.66. The molecule has 0 saturated heterocycles. The topological polar surface area (TPSA) is 61.5 Å². The predicted octanol–water partition coefficient (Wildman–Crippen LogP) is 3.79. The number of hydrogen-bond acceptors (Lipinski definition) is 4. The van der Waals surface area contributed by atoms with Crippen molar-refractivity contribution in [3.8, 4) is 5.75 Å². The van der Waals surface area contributed by atoms with Crippen LogP contribution in [0.3, 0.4) is 0 Å². The van der Waals surface area contributed by atoms with Crippen LogP contribution >= 0.6 is 0 Å². The first-order chi connectivity index (χ1) is 10.1. The average Bonchev–Trinajstić information content (AvgIpc) is 2.48. The molecule has 0 radical (unpaired) electrons. The molecule has 1 aliphatic carbocycles. The summed E-state index contributed by atoms with van der Waals surface area (Å²) in [6, 6.07) is 5.11. The molecule has 1 fully saturated rings. The van der Waals surface area contributed by atoms with Crippen LogP contribution in [0.25, 0.3) is 0 Å². The maximum absolute atomic E-state index is 12.0. The SMILES string of the molecule is CCOC(=O)c1ccc(N)cc1OC1CCCC(CC)C1. The Morgan fingerprint density at radius 1 is 1.33 bits per heavy atom. The molecule has 2 atom stereocenters. The molecule has 0 bridgehead atoms. The Kier molecular flexibility index (Phi) is 5.48. The highest BCUT2D eigenvalue weighted by molar-refractivity contribution is 5.93. The fourth-order valence-corrected chi connectivity index (χ4v) is 2.91. The number of carbonyl (C=O) groups excluding carboxylic acids is 1. The van der Waals surface area contributed by atoms with Crippen LogP contribution in [0.4, 0.5) is 5.69 Å². The van der Waals surface area contributed by atoms with Crippen molar-refractivity contribution in [3.05, 3.63) is 23.8 Å². The Hall–Kier alpha value is -1.71. The molecule has 1 saturated carbocycles. The lowest BCUT2D eigenvalue weighted by Crippen LogP contribution is -2.26. The molecule has 0 aliphatic heterocycles. The van der Waals surface area contributed by atoms with Gasteiger partial charge in [0.05, 0.1) is 12.7 Å². The molecule has 2 unspecified atom stereocenters. The summed E-state index contributed by atoms with van der Waals surface area (Å²) in [5, 5.41) is 0. The molecule has 2 rings (SSSR count). The van der Waals surface area contributed by atoms with Gasteiger partial charge in [0, 0.05) is 11.8 Å². The predicted molar refractivity (Wildman–Crippen MR) is 83.5 cm³/mol. The molecular weight excluding hydrogens is 266 g/mol. The van der Waals surface area contributed by atoms with Crippen LogP contribution in [0, 0.1) is 5.92 Å². The van der Waals surface area contributed by atoms with Gasteiger partial charge in [-0.15, -0.1) is 0 Å². The summed E-state index contributed by atoms with van der Waals surface area (Å²) in [5.74, 6) is 0.918. The summed E-state index contributed by atoms with van der Waals surface area (Å²) in [7, 11) is 0. The van der Waals surface area contributed by atoms with E-state index in [-0.39, 0.29) is 12.1 Å². The van der Waals surface area contributed by atoms with Crippen molar-refractivity contribution in [1.29, 1.82) is 0 Å². The zero-order chi connectivity index (χ0) is 15.2. The Morgan fingerprint density at radius 2 is 2.14 bits per heavy atom. The fraction of sp³-hybridized carbons (Fsp3) is 0.588. The Bertz CT molecular complexity index is 487. The number of nitrogens with two attached hydrogens (primary N) is 1. The molecule has 0 aromatic heterocycles. The monoisotopic (exact) mass is 291 g/mol. The van der Waals surface area contributed by atoms with Gasteiger partial charge in [-0.25, -0.2) is 4.79 Å².